The lowest BCUT2D eigenvalue weighted by Gasteiger charge is -2.28. The molecule has 2 atom stereocenters. The molecule has 0 N–H and O–H groups in total. The number of hydrogen-bond acceptors (Lipinski definition) is 2. The van der Waals surface area contributed by atoms with Crippen LogP contribution in [0.5, 0.6) is 0 Å². The first-order valence-electron chi connectivity index (χ1n) is 14.1. The predicted octanol–water partition coefficient (Wildman–Crippen LogP) is 9.38. The Balaban J connectivity index is 1.43. The van der Waals surface area contributed by atoms with Crippen LogP contribution < -0.4 is 0 Å². The van der Waals surface area contributed by atoms with Crippen molar-refractivity contribution in [2.45, 2.75) is 123 Å². The number of carbonyl (C=O) groups excluding carboxylic acids is 1. The van der Waals surface area contributed by atoms with E-state index in [2.05, 4.69) is 39.0 Å². The van der Waals surface area contributed by atoms with Gasteiger partial charge in [-0.15, -0.1) is 0 Å². The van der Waals surface area contributed by atoms with Crippen LogP contribution in [0, 0.1) is 17.8 Å². The minimum atomic E-state index is -0.144. The molecule has 0 radical (unpaired) electrons. The third-order valence-electron chi connectivity index (χ3n) is 8.29. The average molecular weight is 453 g/mol. The van der Waals surface area contributed by atoms with E-state index in [0.29, 0.717) is 5.56 Å². The zero-order valence-corrected chi connectivity index (χ0v) is 21.6. The van der Waals surface area contributed by atoms with Crippen LogP contribution in [0.15, 0.2) is 30.3 Å². The highest BCUT2D eigenvalue weighted by Crippen LogP contribution is 2.36. The molecule has 2 nitrogen and oxygen atoms in total. The lowest BCUT2D eigenvalue weighted by molar-refractivity contribution is 0.0161. The van der Waals surface area contributed by atoms with Crippen molar-refractivity contribution < 1.29 is 9.53 Å². The lowest BCUT2D eigenvalue weighted by Crippen LogP contribution is -2.24. The Labute approximate surface area is 203 Å². The maximum atomic E-state index is 12.7. The molecule has 1 saturated carbocycles. The maximum Gasteiger partial charge on any atom is 0.338 e. The maximum absolute atomic E-state index is 12.7. The van der Waals surface area contributed by atoms with Crippen LogP contribution in [0.1, 0.15) is 133 Å². The summed E-state index contributed by atoms with van der Waals surface area (Å²) in [6.45, 7) is 6.99. The van der Waals surface area contributed by atoms with E-state index in [1.807, 2.05) is 12.1 Å². The summed E-state index contributed by atoms with van der Waals surface area (Å²) in [5.41, 5.74) is 3.42. The zero-order chi connectivity index (χ0) is 23.5. The zero-order valence-electron chi connectivity index (χ0n) is 21.6. The minimum Gasteiger partial charge on any atom is -0.459 e. The average Bonchev–Trinajstić information content (AvgIpc) is 2.85. The number of allylic oxidation sites excluding steroid dienone is 2. The molecule has 0 aromatic heterocycles. The molecule has 1 aromatic carbocycles. The summed E-state index contributed by atoms with van der Waals surface area (Å²) in [7, 11) is 0. The Morgan fingerprint density at radius 3 is 2.27 bits per heavy atom. The van der Waals surface area contributed by atoms with Crippen LogP contribution in [0.2, 0.25) is 0 Å². The molecule has 0 amide bonds. The van der Waals surface area contributed by atoms with E-state index in [1.54, 1.807) is 0 Å². The Morgan fingerprint density at radius 1 is 0.939 bits per heavy atom. The van der Waals surface area contributed by atoms with Gasteiger partial charge in [0.1, 0.15) is 6.10 Å². The lowest BCUT2D eigenvalue weighted by atomic mass is 9.78. The summed E-state index contributed by atoms with van der Waals surface area (Å²) in [6, 6.07) is 8.18. The number of ether oxygens (including phenoxy) is 1. The second kappa shape index (κ2) is 14.0. The highest BCUT2D eigenvalue weighted by Gasteiger charge is 2.24. The second-order valence-corrected chi connectivity index (χ2v) is 10.9. The fourth-order valence-corrected chi connectivity index (χ4v) is 5.85. The van der Waals surface area contributed by atoms with Crippen molar-refractivity contribution in [3.05, 3.63) is 41.5 Å². The number of hydrogen-bond donors (Lipinski definition) is 0. The first kappa shape index (κ1) is 26.0. The monoisotopic (exact) mass is 452 g/mol. The summed E-state index contributed by atoms with van der Waals surface area (Å²) in [5.74, 6) is 2.36. The molecule has 0 spiro atoms. The van der Waals surface area contributed by atoms with E-state index < -0.39 is 0 Å². The predicted molar refractivity (Wildman–Crippen MR) is 140 cm³/mol. The molecule has 33 heavy (non-hydrogen) atoms. The van der Waals surface area contributed by atoms with E-state index in [9.17, 15) is 4.79 Å². The van der Waals surface area contributed by atoms with Crippen molar-refractivity contribution in [2.24, 2.45) is 17.8 Å². The van der Waals surface area contributed by atoms with E-state index >= 15 is 0 Å². The van der Waals surface area contributed by atoms with Gasteiger partial charge in [-0.2, -0.15) is 0 Å². The van der Waals surface area contributed by atoms with E-state index in [-0.39, 0.29) is 12.1 Å². The largest absolute Gasteiger partial charge is 0.459 e. The normalized spacial score (nSPS) is 24.2. The molecule has 184 valence electrons. The van der Waals surface area contributed by atoms with Crippen LogP contribution in [-0.4, -0.2) is 12.1 Å². The van der Waals surface area contributed by atoms with Crippen LogP contribution in [0.25, 0.3) is 5.57 Å². The molecule has 2 unspecified atom stereocenters. The van der Waals surface area contributed by atoms with Crippen molar-refractivity contribution in [1.29, 1.82) is 0 Å². The third-order valence-corrected chi connectivity index (χ3v) is 8.29. The molecule has 1 fully saturated rings. The van der Waals surface area contributed by atoms with Gasteiger partial charge in [0.15, 0.2) is 0 Å². The first-order chi connectivity index (χ1) is 16.1. The second-order valence-electron chi connectivity index (χ2n) is 10.9. The van der Waals surface area contributed by atoms with Crippen molar-refractivity contribution in [2.75, 3.05) is 0 Å². The first-order valence-corrected chi connectivity index (χ1v) is 14.1. The molecule has 0 aliphatic heterocycles. The summed E-state index contributed by atoms with van der Waals surface area (Å²) < 4.78 is 5.86. The van der Waals surface area contributed by atoms with E-state index in [0.717, 1.165) is 37.0 Å². The number of benzene rings is 1. The summed E-state index contributed by atoms with van der Waals surface area (Å²) in [4.78, 5) is 12.7. The Kier molecular flexibility index (Phi) is 11.0. The highest BCUT2D eigenvalue weighted by atomic mass is 16.5. The van der Waals surface area contributed by atoms with Gasteiger partial charge in [0.25, 0.3) is 0 Å². The molecule has 3 rings (SSSR count). The summed E-state index contributed by atoms with van der Waals surface area (Å²) in [5, 5.41) is 0. The van der Waals surface area contributed by atoms with Crippen LogP contribution >= 0.6 is 0 Å². The van der Waals surface area contributed by atoms with Gasteiger partial charge in [-0.05, 0) is 86.0 Å². The third kappa shape index (κ3) is 8.30. The van der Waals surface area contributed by atoms with Crippen LogP contribution in [0.3, 0.4) is 0 Å². The van der Waals surface area contributed by atoms with Gasteiger partial charge in [-0.1, -0.05) is 90.3 Å². The summed E-state index contributed by atoms with van der Waals surface area (Å²) >= 11 is 0. The number of unbranched alkanes of at least 4 members (excludes halogenated alkanes) is 4. The highest BCUT2D eigenvalue weighted by molar-refractivity contribution is 5.90. The Morgan fingerprint density at radius 2 is 1.64 bits per heavy atom. The van der Waals surface area contributed by atoms with Gasteiger partial charge in [0, 0.05) is 0 Å². The van der Waals surface area contributed by atoms with Crippen LogP contribution in [-0.2, 0) is 4.74 Å². The molecule has 0 heterocycles. The fourth-order valence-electron chi connectivity index (χ4n) is 5.85. The van der Waals surface area contributed by atoms with Gasteiger partial charge < -0.3 is 4.74 Å². The number of rotatable bonds is 12. The SMILES string of the molecule is CCCCCC(C)C1CC=C(c2ccc(C(=O)O[C@H]3CC[C@H](CCCCC)CC3)cc2)CC1. The molecular formula is C31H48O2. The molecule has 0 saturated heterocycles. The van der Waals surface area contributed by atoms with Gasteiger partial charge in [0.2, 0.25) is 0 Å². The van der Waals surface area contributed by atoms with Gasteiger partial charge >= 0.3 is 5.97 Å². The smallest absolute Gasteiger partial charge is 0.338 e. The molecule has 2 aliphatic rings. The topological polar surface area (TPSA) is 26.3 Å². The van der Waals surface area contributed by atoms with Crippen molar-refractivity contribution in [3.63, 3.8) is 0 Å². The minimum absolute atomic E-state index is 0.108. The van der Waals surface area contributed by atoms with Crippen molar-refractivity contribution in [3.8, 4) is 0 Å². The standard InChI is InChI=1S/C31H48O2/c1-4-6-8-10-24(3)26-14-16-27(17-15-26)28-18-20-29(21-19-28)31(32)33-30-22-12-25(13-23-30)11-9-7-5-2/h16,18-21,24-26,30H,4-15,17,22-23H2,1-3H3/t24?,25-,26?,30-. The molecule has 2 aliphatic carbocycles. The van der Waals surface area contributed by atoms with E-state index in [4.69, 9.17) is 4.74 Å². The summed E-state index contributed by atoms with van der Waals surface area (Å²) in [6.07, 6.45) is 21.5. The van der Waals surface area contributed by atoms with Crippen molar-refractivity contribution in [1.82, 2.24) is 0 Å². The Hall–Kier alpha value is -1.57. The molecule has 0 bridgehead atoms. The van der Waals surface area contributed by atoms with Gasteiger partial charge in [-0.3, -0.25) is 0 Å². The van der Waals surface area contributed by atoms with Gasteiger partial charge in [-0.25, -0.2) is 4.79 Å². The quantitative estimate of drug-likeness (QED) is 0.233. The molecular weight excluding hydrogens is 404 g/mol. The Bertz CT molecular complexity index is 724. The van der Waals surface area contributed by atoms with Crippen molar-refractivity contribution >= 4 is 11.5 Å². The number of esters is 1. The fraction of sp³-hybridized carbons (Fsp3) is 0.710. The van der Waals surface area contributed by atoms with E-state index in [1.165, 1.54) is 88.2 Å². The molecule has 2 heteroatoms. The van der Waals surface area contributed by atoms with Crippen LogP contribution in [0.4, 0.5) is 0 Å². The van der Waals surface area contributed by atoms with Gasteiger partial charge in [0.05, 0.1) is 5.56 Å². The number of carbonyl (C=O) groups is 1. The molecule has 1 aromatic rings.